The molecule has 0 amide bonds. The summed E-state index contributed by atoms with van der Waals surface area (Å²) < 4.78 is 4.58. The Hall–Kier alpha value is -1.12. The highest BCUT2D eigenvalue weighted by Gasteiger charge is 2.30. The van der Waals surface area contributed by atoms with Crippen LogP contribution < -0.4 is 0 Å². The van der Waals surface area contributed by atoms with Crippen molar-refractivity contribution >= 4 is 11.9 Å². The standard InChI is InChI=1S/C12H18O3/c1-3-5-6-7-8-10-9(4-2)11(13)15-12(10)14/h3-8H2,1-2H3. The first-order chi connectivity index (χ1) is 7.20. The average molecular weight is 210 g/mol. The number of esters is 2. The highest BCUT2D eigenvalue weighted by atomic mass is 16.6. The van der Waals surface area contributed by atoms with E-state index in [1.165, 1.54) is 12.8 Å². The molecule has 0 aliphatic carbocycles. The maximum absolute atomic E-state index is 11.3. The van der Waals surface area contributed by atoms with Crippen molar-refractivity contribution in [2.75, 3.05) is 0 Å². The number of ether oxygens (including phenoxy) is 1. The van der Waals surface area contributed by atoms with Crippen LogP contribution in [0.5, 0.6) is 0 Å². The first-order valence-corrected chi connectivity index (χ1v) is 5.69. The van der Waals surface area contributed by atoms with Crippen LogP contribution in [0.15, 0.2) is 11.1 Å². The van der Waals surface area contributed by atoms with E-state index in [9.17, 15) is 9.59 Å². The van der Waals surface area contributed by atoms with E-state index in [4.69, 9.17) is 0 Å². The normalized spacial score (nSPS) is 16.1. The molecule has 0 aromatic rings. The number of hydrogen-bond acceptors (Lipinski definition) is 3. The van der Waals surface area contributed by atoms with E-state index in [2.05, 4.69) is 11.7 Å². The van der Waals surface area contributed by atoms with Crippen LogP contribution in [0.4, 0.5) is 0 Å². The fourth-order valence-electron chi connectivity index (χ4n) is 1.79. The fourth-order valence-corrected chi connectivity index (χ4v) is 1.79. The molecular formula is C12H18O3. The third-order valence-corrected chi connectivity index (χ3v) is 2.68. The summed E-state index contributed by atoms with van der Waals surface area (Å²) in [6.45, 7) is 4.02. The van der Waals surface area contributed by atoms with Gasteiger partial charge in [0.05, 0.1) is 0 Å². The van der Waals surface area contributed by atoms with Gasteiger partial charge in [0.2, 0.25) is 0 Å². The quantitative estimate of drug-likeness (QED) is 0.384. The molecule has 1 heterocycles. The summed E-state index contributed by atoms with van der Waals surface area (Å²) in [6, 6.07) is 0. The van der Waals surface area contributed by atoms with Crippen LogP contribution in [0.3, 0.4) is 0 Å². The van der Waals surface area contributed by atoms with Crippen LogP contribution in [0.1, 0.15) is 52.4 Å². The molecule has 0 saturated carbocycles. The van der Waals surface area contributed by atoms with Crippen molar-refractivity contribution in [1.82, 2.24) is 0 Å². The number of rotatable bonds is 6. The molecule has 1 aliphatic heterocycles. The fraction of sp³-hybridized carbons (Fsp3) is 0.667. The van der Waals surface area contributed by atoms with Crippen molar-refractivity contribution in [2.45, 2.75) is 52.4 Å². The predicted molar refractivity (Wildman–Crippen MR) is 57.2 cm³/mol. The molecule has 0 unspecified atom stereocenters. The summed E-state index contributed by atoms with van der Waals surface area (Å²) >= 11 is 0. The van der Waals surface area contributed by atoms with E-state index >= 15 is 0 Å². The largest absolute Gasteiger partial charge is 0.386 e. The van der Waals surface area contributed by atoms with Gasteiger partial charge in [-0.2, -0.15) is 0 Å². The van der Waals surface area contributed by atoms with Crippen molar-refractivity contribution in [3.8, 4) is 0 Å². The minimum Gasteiger partial charge on any atom is -0.386 e. The summed E-state index contributed by atoms with van der Waals surface area (Å²) in [4.78, 5) is 22.5. The lowest BCUT2D eigenvalue weighted by Gasteiger charge is -2.00. The third-order valence-electron chi connectivity index (χ3n) is 2.68. The summed E-state index contributed by atoms with van der Waals surface area (Å²) in [6.07, 6.45) is 5.70. The van der Waals surface area contributed by atoms with E-state index in [0.29, 0.717) is 24.0 Å². The predicted octanol–water partition coefficient (Wildman–Crippen LogP) is 2.75. The van der Waals surface area contributed by atoms with Crippen LogP contribution in [0.2, 0.25) is 0 Å². The zero-order chi connectivity index (χ0) is 11.3. The smallest absolute Gasteiger partial charge is 0.342 e. The first-order valence-electron chi connectivity index (χ1n) is 5.69. The van der Waals surface area contributed by atoms with Gasteiger partial charge in [0.25, 0.3) is 0 Å². The van der Waals surface area contributed by atoms with Gasteiger partial charge in [0, 0.05) is 11.1 Å². The van der Waals surface area contributed by atoms with Crippen LogP contribution in [-0.2, 0) is 14.3 Å². The lowest BCUT2D eigenvalue weighted by atomic mass is 10.0. The number of unbranched alkanes of at least 4 members (excludes halogenated alkanes) is 3. The zero-order valence-corrected chi connectivity index (χ0v) is 9.47. The Kier molecular flexibility index (Phi) is 4.53. The molecule has 0 bridgehead atoms. The lowest BCUT2D eigenvalue weighted by Crippen LogP contribution is -2.02. The molecule has 1 aliphatic rings. The number of hydrogen-bond donors (Lipinski definition) is 0. The van der Waals surface area contributed by atoms with Crippen LogP contribution in [-0.4, -0.2) is 11.9 Å². The van der Waals surface area contributed by atoms with Gasteiger partial charge in [-0.3, -0.25) is 0 Å². The monoisotopic (exact) mass is 210 g/mol. The first kappa shape index (κ1) is 12.0. The Balaban J connectivity index is 2.53. The van der Waals surface area contributed by atoms with Gasteiger partial charge in [0.1, 0.15) is 0 Å². The molecule has 0 fully saturated rings. The lowest BCUT2D eigenvalue weighted by molar-refractivity contribution is -0.151. The molecule has 0 spiro atoms. The highest BCUT2D eigenvalue weighted by molar-refractivity contribution is 6.12. The second-order valence-corrected chi connectivity index (χ2v) is 3.80. The van der Waals surface area contributed by atoms with E-state index in [0.717, 1.165) is 12.8 Å². The van der Waals surface area contributed by atoms with Gasteiger partial charge in [-0.1, -0.05) is 33.1 Å². The highest BCUT2D eigenvalue weighted by Crippen LogP contribution is 2.24. The van der Waals surface area contributed by atoms with Gasteiger partial charge in [0.15, 0.2) is 0 Å². The minimum atomic E-state index is -0.437. The molecule has 3 nitrogen and oxygen atoms in total. The van der Waals surface area contributed by atoms with Crippen molar-refractivity contribution < 1.29 is 14.3 Å². The summed E-state index contributed by atoms with van der Waals surface area (Å²) in [7, 11) is 0. The minimum absolute atomic E-state index is 0.423. The molecule has 0 N–H and O–H groups in total. The van der Waals surface area contributed by atoms with E-state index in [1.54, 1.807) is 0 Å². The van der Waals surface area contributed by atoms with Gasteiger partial charge in [-0.15, -0.1) is 0 Å². The molecule has 0 aromatic carbocycles. The van der Waals surface area contributed by atoms with E-state index < -0.39 is 11.9 Å². The molecule has 1 rings (SSSR count). The molecule has 0 aromatic heterocycles. The number of carbonyl (C=O) groups is 2. The second kappa shape index (κ2) is 5.69. The Bertz CT molecular complexity index is 289. The van der Waals surface area contributed by atoms with Crippen molar-refractivity contribution in [1.29, 1.82) is 0 Å². The Morgan fingerprint density at radius 1 is 0.933 bits per heavy atom. The summed E-state index contributed by atoms with van der Waals surface area (Å²) in [5.41, 5.74) is 1.19. The molecule has 15 heavy (non-hydrogen) atoms. The van der Waals surface area contributed by atoms with E-state index in [1.807, 2.05) is 6.92 Å². The molecular weight excluding hydrogens is 192 g/mol. The molecule has 84 valence electrons. The Labute approximate surface area is 90.5 Å². The SMILES string of the molecule is CCCCCCC1=C(CC)C(=O)OC1=O. The third kappa shape index (κ3) is 2.91. The van der Waals surface area contributed by atoms with Gasteiger partial charge >= 0.3 is 11.9 Å². The van der Waals surface area contributed by atoms with Gasteiger partial charge in [-0.25, -0.2) is 9.59 Å². The van der Waals surface area contributed by atoms with Gasteiger partial charge < -0.3 is 4.74 Å². The average Bonchev–Trinajstić information content (AvgIpc) is 2.48. The van der Waals surface area contributed by atoms with Gasteiger partial charge in [-0.05, 0) is 19.3 Å². The van der Waals surface area contributed by atoms with Crippen LogP contribution in [0.25, 0.3) is 0 Å². The van der Waals surface area contributed by atoms with Crippen molar-refractivity contribution in [2.24, 2.45) is 0 Å². The Morgan fingerprint density at radius 2 is 1.60 bits per heavy atom. The van der Waals surface area contributed by atoms with E-state index in [-0.39, 0.29) is 0 Å². The maximum atomic E-state index is 11.3. The van der Waals surface area contributed by atoms with Crippen molar-refractivity contribution in [3.63, 3.8) is 0 Å². The molecule has 3 heteroatoms. The maximum Gasteiger partial charge on any atom is 0.342 e. The second-order valence-electron chi connectivity index (χ2n) is 3.80. The molecule has 0 radical (unpaired) electrons. The molecule has 0 atom stereocenters. The van der Waals surface area contributed by atoms with Crippen LogP contribution >= 0.6 is 0 Å². The van der Waals surface area contributed by atoms with Crippen molar-refractivity contribution in [3.05, 3.63) is 11.1 Å². The molecule has 0 saturated heterocycles. The topological polar surface area (TPSA) is 43.4 Å². The summed E-state index contributed by atoms with van der Waals surface area (Å²) in [5.74, 6) is -0.860. The zero-order valence-electron chi connectivity index (χ0n) is 9.47. The summed E-state index contributed by atoms with van der Waals surface area (Å²) in [5, 5.41) is 0. The number of cyclic esters (lactones) is 2. The Morgan fingerprint density at radius 3 is 2.20 bits per heavy atom. The van der Waals surface area contributed by atoms with Crippen LogP contribution in [0, 0.1) is 0 Å². The number of carbonyl (C=O) groups excluding carboxylic acids is 2.